The zero-order valence-electron chi connectivity index (χ0n) is 26.5. The normalized spacial score (nSPS) is 20.6. The molecule has 0 aromatic heterocycles. The number of fused-ring (bicyclic) bond motifs is 3. The molecule has 2 aliphatic rings. The van der Waals surface area contributed by atoms with Gasteiger partial charge in [-0.25, -0.2) is 4.79 Å². The topological polar surface area (TPSA) is 97.3 Å². The van der Waals surface area contributed by atoms with Gasteiger partial charge < -0.3 is 29.5 Å². The Labute approximate surface area is 274 Å². The minimum absolute atomic E-state index is 0.118. The second-order valence-corrected chi connectivity index (χ2v) is 14.3. The lowest BCUT2D eigenvalue weighted by Gasteiger charge is -2.38. The van der Waals surface area contributed by atoms with Gasteiger partial charge in [0, 0.05) is 16.0 Å². The van der Waals surface area contributed by atoms with E-state index in [0.717, 1.165) is 26.9 Å². The summed E-state index contributed by atoms with van der Waals surface area (Å²) in [6, 6.07) is 24.3. The molecule has 45 heavy (non-hydrogen) atoms. The van der Waals surface area contributed by atoms with Crippen molar-refractivity contribution in [3.63, 3.8) is 0 Å². The van der Waals surface area contributed by atoms with Gasteiger partial charge in [-0.3, -0.25) is 4.79 Å². The number of rotatable bonds is 9. The molecule has 240 valence electrons. The maximum Gasteiger partial charge on any atom is 0.407 e. The van der Waals surface area contributed by atoms with Crippen LogP contribution in [-0.2, 0) is 27.1 Å². The second-order valence-electron chi connectivity index (χ2n) is 13.4. The number of ether oxygens (including phenoxy) is 3. The quantitative estimate of drug-likeness (QED) is 0.265. The minimum atomic E-state index is -1.05. The van der Waals surface area contributed by atoms with Crippen molar-refractivity contribution >= 4 is 27.9 Å². The van der Waals surface area contributed by atoms with E-state index in [1.807, 2.05) is 97.6 Å². The van der Waals surface area contributed by atoms with Crippen molar-refractivity contribution in [2.24, 2.45) is 5.92 Å². The van der Waals surface area contributed by atoms with Crippen molar-refractivity contribution in [1.82, 2.24) is 10.2 Å². The van der Waals surface area contributed by atoms with Crippen LogP contribution >= 0.6 is 15.9 Å². The van der Waals surface area contributed by atoms with Crippen LogP contribution in [0.1, 0.15) is 63.8 Å². The number of hydrogen-bond acceptors (Lipinski definition) is 6. The number of alkyl carbamates (subject to hydrolysis) is 1. The molecule has 2 aliphatic heterocycles. The van der Waals surface area contributed by atoms with Gasteiger partial charge in [-0.2, -0.15) is 0 Å². The number of halogens is 1. The van der Waals surface area contributed by atoms with Crippen molar-refractivity contribution in [3.8, 4) is 5.75 Å². The summed E-state index contributed by atoms with van der Waals surface area (Å²) in [7, 11) is 0. The standard InChI is InChI=1S/C36H43BrN2O6/c1-35(2,3)45-34(42)38-28(20-24-15-17-26(37)18-16-24)29(40)21-25(19-23-11-7-6-8-12-23)33(41)39-32-27-13-9-10-14-30(27)43-22-31(32)44-36(39,4)5/h6-18,25,28-29,31-32,40H,19-22H2,1-5H3,(H,38,42)/t25-,28+,29+,31-,32+/m1/s1. The molecule has 0 aliphatic carbocycles. The Kier molecular flexibility index (Phi) is 9.91. The Bertz CT molecular complexity index is 1470. The number of nitrogens with one attached hydrogen (secondary N) is 1. The molecule has 0 saturated carbocycles. The third-order valence-electron chi connectivity index (χ3n) is 8.26. The summed E-state index contributed by atoms with van der Waals surface area (Å²) >= 11 is 3.47. The molecule has 2 N–H and O–H groups in total. The van der Waals surface area contributed by atoms with Crippen molar-refractivity contribution in [3.05, 3.63) is 100 Å². The molecule has 5 atom stereocenters. The summed E-state index contributed by atoms with van der Waals surface area (Å²) in [5.41, 5.74) is 1.21. The molecule has 1 saturated heterocycles. The summed E-state index contributed by atoms with van der Waals surface area (Å²) in [6.07, 6.45) is -1.11. The van der Waals surface area contributed by atoms with E-state index in [0.29, 0.717) is 19.4 Å². The molecule has 0 spiro atoms. The smallest absolute Gasteiger partial charge is 0.407 e. The lowest BCUT2D eigenvalue weighted by Crippen LogP contribution is -2.51. The van der Waals surface area contributed by atoms with Crippen LogP contribution in [0.4, 0.5) is 4.79 Å². The number of para-hydroxylation sites is 1. The fourth-order valence-electron chi connectivity index (χ4n) is 6.33. The van der Waals surface area contributed by atoms with Gasteiger partial charge in [0.2, 0.25) is 5.91 Å². The molecule has 0 bridgehead atoms. The van der Waals surface area contributed by atoms with Gasteiger partial charge in [-0.1, -0.05) is 76.6 Å². The lowest BCUT2D eigenvalue weighted by atomic mass is 9.87. The molecule has 3 aromatic carbocycles. The first kappa shape index (κ1) is 33.0. The van der Waals surface area contributed by atoms with E-state index in [-0.39, 0.29) is 24.5 Å². The highest BCUT2D eigenvalue weighted by molar-refractivity contribution is 9.10. The average molecular weight is 680 g/mol. The predicted molar refractivity (Wildman–Crippen MR) is 176 cm³/mol. The van der Waals surface area contributed by atoms with E-state index in [2.05, 4.69) is 21.2 Å². The predicted octanol–water partition coefficient (Wildman–Crippen LogP) is 6.59. The number of amides is 2. The Balaban J connectivity index is 1.46. The van der Waals surface area contributed by atoms with Crippen LogP contribution in [0.15, 0.2) is 83.3 Å². The van der Waals surface area contributed by atoms with E-state index in [1.165, 1.54) is 0 Å². The molecule has 3 aromatic rings. The summed E-state index contributed by atoms with van der Waals surface area (Å²) in [5, 5.41) is 14.7. The fraction of sp³-hybridized carbons (Fsp3) is 0.444. The van der Waals surface area contributed by atoms with Crippen molar-refractivity contribution in [1.29, 1.82) is 0 Å². The van der Waals surface area contributed by atoms with Crippen LogP contribution in [-0.4, -0.2) is 58.2 Å². The highest BCUT2D eigenvalue weighted by Crippen LogP contribution is 2.48. The summed E-state index contributed by atoms with van der Waals surface area (Å²) in [6.45, 7) is 9.54. The first-order valence-electron chi connectivity index (χ1n) is 15.5. The van der Waals surface area contributed by atoms with Crippen LogP contribution in [0.5, 0.6) is 5.75 Å². The summed E-state index contributed by atoms with van der Waals surface area (Å²) < 4.78 is 18.9. The number of hydrogen-bond donors (Lipinski definition) is 2. The number of benzene rings is 3. The summed E-state index contributed by atoms with van der Waals surface area (Å²) in [4.78, 5) is 29.5. The van der Waals surface area contributed by atoms with Gasteiger partial charge >= 0.3 is 6.09 Å². The Morgan fingerprint density at radius 2 is 1.64 bits per heavy atom. The van der Waals surface area contributed by atoms with Gasteiger partial charge in [0.05, 0.1) is 18.2 Å². The molecular weight excluding hydrogens is 636 g/mol. The van der Waals surface area contributed by atoms with Gasteiger partial charge in [0.25, 0.3) is 0 Å². The van der Waals surface area contributed by atoms with Gasteiger partial charge in [-0.15, -0.1) is 0 Å². The minimum Gasteiger partial charge on any atom is -0.490 e. The molecule has 2 heterocycles. The largest absolute Gasteiger partial charge is 0.490 e. The van der Waals surface area contributed by atoms with Crippen LogP contribution in [0.25, 0.3) is 0 Å². The van der Waals surface area contributed by atoms with Crippen LogP contribution < -0.4 is 10.1 Å². The monoisotopic (exact) mass is 678 g/mol. The third-order valence-corrected chi connectivity index (χ3v) is 8.79. The fourth-order valence-corrected chi connectivity index (χ4v) is 6.59. The van der Waals surface area contributed by atoms with E-state index in [9.17, 15) is 14.7 Å². The van der Waals surface area contributed by atoms with Crippen LogP contribution in [0.3, 0.4) is 0 Å². The van der Waals surface area contributed by atoms with E-state index >= 15 is 0 Å². The number of aliphatic hydroxyl groups is 1. The Morgan fingerprint density at radius 1 is 1.00 bits per heavy atom. The number of carbonyl (C=O) groups is 2. The average Bonchev–Trinajstić information content (AvgIpc) is 3.27. The highest BCUT2D eigenvalue weighted by atomic mass is 79.9. The van der Waals surface area contributed by atoms with Crippen molar-refractivity contribution in [2.75, 3.05) is 6.61 Å². The lowest BCUT2D eigenvalue weighted by molar-refractivity contribution is -0.153. The molecule has 0 radical (unpaired) electrons. The van der Waals surface area contributed by atoms with Crippen LogP contribution in [0, 0.1) is 5.92 Å². The van der Waals surface area contributed by atoms with Gasteiger partial charge in [-0.05, 0) is 83.2 Å². The molecule has 5 rings (SSSR count). The van der Waals surface area contributed by atoms with Crippen LogP contribution in [0.2, 0.25) is 0 Å². The number of aliphatic hydroxyl groups excluding tert-OH is 1. The molecule has 1 fully saturated rings. The molecule has 2 amide bonds. The van der Waals surface area contributed by atoms with Crippen molar-refractivity contribution in [2.45, 2.75) is 89.5 Å². The third kappa shape index (κ3) is 8.07. The molecular formula is C36H43BrN2O6. The van der Waals surface area contributed by atoms with Crippen molar-refractivity contribution < 1.29 is 28.9 Å². The number of nitrogens with zero attached hydrogens (tertiary/aromatic N) is 1. The zero-order valence-corrected chi connectivity index (χ0v) is 28.1. The maximum atomic E-state index is 14.8. The van der Waals surface area contributed by atoms with Gasteiger partial charge in [0.1, 0.15) is 29.8 Å². The molecule has 0 unspecified atom stereocenters. The highest BCUT2D eigenvalue weighted by Gasteiger charge is 2.54. The SMILES string of the molecule is CC(C)(C)OC(=O)N[C@@H](Cc1ccc(Br)cc1)[C@@H](O)C[C@@H](Cc1ccccc1)C(=O)N1[C@H]2c3ccccc3OC[C@H]2OC1(C)C. The first-order valence-corrected chi connectivity index (χ1v) is 16.3. The van der Waals surface area contributed by atoms with Gasteiger partial charge in [0.15, 0.2) is 0 Å². The zero-order chi connectivity index (χ0) is 32.4. The van der Waals surface area contributed by atoms with E-state index < -0.39 is 35.5 Å². The van der Waals surface area contributed by atoms with E-state index in [4.69, 9.17) is 14.2 Å². The summed E-state index contributed by atoms with van der Waals surface area (Å²) in [5.74, 6) is 0.0206. The molecule has 9 heteroatoms. The number of carbonyl (C=O) groups excluding carboxylic acids is 2. The first-order chi connectivity index (χ1) is 21.3. The maximum absolute atomic E-state index is 14.8. The Hall–Kier alpha value is -3.40. The Morgan fingerprint density at radius 3 is 2.33 bits per heavy atom. The van der Waals surface area contributed by atoms with E-state index in [1.54, 1.807) is 20.8 Å². The second kappa shape index (κ2) is 13.5. The molecule has 8 nitrogen and oxygen atoms in total.